The summed E-state index contributed by atoms with van der Waals surface area (Å²) in [4.78, 5) is 17.7. The average Bonchev–Trinajstić information content (AvgIpc) is 3.44. The summed E-state index contributed by atoms with van der Waals surface area (Å²) in [5.41, 5.74) is 3.95. The second kappa shape index (κ2) is 14.3. The third-order valence-corrected chi connectivity index (χ3v) is 7.76. The Morgan fingerprint density at radius 3 is 2.47 bits per heavy atom. The summed E-state index contributed by atoms with van der Waals surface area (Å²) in [6, 6.07) is 21.9. The van der Waals surface area contributed by atoms with Crippen molar-refractivity contribution in [2.45, 2.75) is 13.0 Å². The molecule has 43 heavy (non-hydrogen) atoms. The fourth-order valence-electron chi connectivity index (χ4n) is 4.23. The number of pyridine rings is 1. The fourth-order valence-corrected chi connectivity index (χ4v) is 5.53. The smallest absolute Gasteiger partial charge is 0.230 e. The molecule has 0 radical (unpaired) electrons. The van der Waals surface area contributed by atoms with Crippen molar-refractivity contribution < 1.29 is 23.0 Å². The lowest BCUT2D eigenvalue weighted by Gasteiger charge is -2.12. The van der Waals surface area contributed by atoms with Crippen molar-refractivity contribution >= 4 is 50.5 Å². The molecule has 3 aromatic carbocycles. The maximum atomic E-state index is 15.1. The van der Waals surface area contributed by atoms with Crippen molar-refractivity contribution in [1.82, 2.24) is 15.6 Å². The number of hydrogen-bond donors (Lipinski definition) is 3. The number of hydrogen-bond acceptors (Lipinski definition) is 7. The Morgan fingerprint density at radius 1 is 0.953 bits per heavy atom. The van der Waals surface area contributed by atoms with Gasteiger partial charge in [-0.3, -0.25) is 9.78 Å². The van der Waals surface area contributed by atoms with E-state index in [1.165, 1.54) is 53.3 Å². The van der Waals surface area contributed by atoms with Crippen molar-refractivity contribution in [3.8, 4) is 21.9 Å². The number of halogens is 2. The summed E-state index contributed by atoms with van der Waals surface area (Å²) < 4.78 is 40.0. The molecule has 0 aliphatic rings. The third-order valence-electron chi connectivity index (χ3n) is 6.37. The van der Waals surface area contributed by atoms with Gasteiger partial charge >= 0.3 is 0 Å². The molecule has 1 amide bonds. The van der Waals surface area contributed by atoms with Gasteiger partial charge in [-0.25, -0.2) is 8.78 Å². The Balaban J connectivity index is 1.22. The molecule has 0 saturated carbocycles. The van der Waals surface area contributed by atoms with Gasteiger partial charge in [-0.1, -0.05) is 36.4 Å². The van der Waals surface area contributed by atoms with Gasteiger partial charge in [0.25, 0.3) is 0 Å². The van der Waals surface area contributed by atoms with Crippen LogP contribution < -0.4 is 20.7 Å². The minimum Gasteiger partial charge on any atom is -0.453 e. The van der Waals surface area contributed by atoms with Crippen molar-refractivity contribution in [2.75, 3.05) is 25.6 Å². The molecule has 220 valence electrons. The van der Waals surface area contributed by atoms with Gasteiger partial charge in [-0.15, -0.1) is 11.3 Å². The number of aromatic nitrogens is 1. The largest absolute Gasteiger partial charge is 0.453 e. The van der Waals surface area contributed by atoms with E-state index in [0.29, 0.717) is 23.6 Å². The zero-order chi connectivity index (χ0) is 30.2. The summed E-state index contributed by atoms with van der Waals surface area (Å²) in [6.07, 6.45) is 1.65. The summed E-state index contributed by atoms with van der Waals surface area (Å²) in [5.74, 6) is -0.851. The first-order valence-corrected chi connectivity index (χ1v) is 14.6. The highest BCUT2D eigenvalue weighted by Gasteiger charge is 2.14. The molecule has 0 atom stereocenters. The number of carbonyl (C=O) groups is 1. The van der Waals surface area contributed by atoms with Gasteiger partial charge in [0.1, 0.15) is 11.6 Å². The Kier molecular flexibility index (Phi) is 10.0. The van der Waals surface area contributed by atoms with E-state index >= 15 is 4.39 Å². The van der Waals surface area contributed by atoms with Crippen LogP contribution in [0.3, 0.4) is 0 Å². The van der Waals surface area contributed by atoms with Crippen molar-refractivity contribution in [3.63, 3.8) is 0 Å². The van der Waals surface area contributed by atoms with E-state index in [-0.39, 0.29) is 29.0 Å². The number of benzene rings is 3. The molecule has 0 spiro atoms. The first-order chi connectivity index (χ1) is 20.9. The molecule has 5 rings (SSSR count). The number of thiocarbonyl (C=S) groups is 1. The van der Waals surface area contributed by atoms with Gasteiger partial charge in [0.15, 0.2) is 16.7 Å². The molecule has 2 aromatic heterocycles. The van der Waals surface area contributed by atoms with Crippen LogP contribution in [0, 0.1) is 11.6 Å². The predicted octanol–water partition coefficient (Wildman–Crippen LogP) is 6.83. The highest BCUT2D eigenvalue weighted by Crippen LogP contribution is 2.39. The fraction of sp³-hybridized carbons (Fsp3) is 0.156. The number of anilines is 1. The molecule has 11 heteroatoms. The molecule has 0 unspecified atom stereocenters. The number of thiophene rings is 1. The molecule has 0 aliphatic carbocycles. The molecular formula is C32H28F2N4O3S2. The Bertz CT molecular complexity index is 1730. The van der Waals surface area contributed by atoms with Crippen LogP contribution in [0.25, 0.3) is 20.7 Å². The standard InChI is InChI=1S/C32H28F2N4O3S2/c1-40-15-14-35-19-21-2-6-22(7-3-21)29-18-26-31(43-29)28(12-13-36-26)41-27-11-10-24(17-25(27)34)37-32(42)38-30(39)16-20-4-8-23(33)9-5-20/h2-13,17-18,35H,14-16,19H2,1H3,(H2,37,38,39,42). The minimum atomic E-state index is -0.609. The number of ether oxygens (including phenoxy) is 2. The normalized spacial score (nSPS) is 11.0. The number of carbonyl (C=O) groups excluding carboxylic acids is 1. The molecule has 0 aliphatic heterocycles. The monoisotopic (exact) mass is 618 g/mol. The maximum Gasteiger partial charge on any atom is 0.230 e. The lowest BCUT2D eigenvalue weighted by atomic mass is 10.1. The third kappa shape index (κ3) is 8.17. The van der Waals surface area contributed by atoms with Crippen LogP contribution in [0.2, 0.25) is 0 Å². The van der Waals surface area contributed by atoms with Crippen LogP contribution >= 0.6 is 23.6 Å². The van der Waals surface area contributed by atoms with Crippen LogP contribution in [0.15, 0.2) is 85.1 Å². The molecular weight excluding hydrogens is 591 g/mol. The van der Waals surface area contributed by atoms with Gasteiger partial charge in [0.2, 0.25) is 5.91 Å². The van der Waals surface area contributed by atoms with Crippen molar-refractivity contribution in [2.24, 2.45) is 0 Å². The number of nitrogens with one attached hydrogen (secondary N) is 3. The number of fused-ring (bicyclic) bond motifs is 1. The van der Waals surface area contributed by atoms with Gasteiger partial charge in [-0.2, -0.15) is 0 Å². The van der Waals surface area contributed by atoms with E-state index in [9.17, 15) is 9.18 Å². The molecule has 2 heterocycles. The van der Waals surface area contributed by atoms with Crippen molar-refractivity contribution in [3.05, 3.63) is 108 Å². The highest BCUT2D eigenvalue weighted by atomic mass is 32.1. The van der Waals surface area contributed by atoms with Crippen LogP contribution in [0.5, 0.6) is 11.5 Å². The van der Waals surface area contributed by atoms with Crippen LogP contribution in [0.4, 0.5) is 14.5 Å². The van der Waals surface area contributed by atoms with Gasteiger partial charge in [0, 0.05) is 49.1 Å². The summed E-state index contributed by atoms with van der Waals surface area (Å²) >= 11 is 6.71. The van der Waals surface area contributed by atoms with E-state index in [1.54, 1.807) is 25.4 Å². The highest BCUT2D eigenvalue weighted by molar-refractivity contribution is 7.80. The Labute approximate surface area is 256 Å². The van der Waals surface area contributed by atoms with Gasteiger partial charge in [-0.05, 0) is 59.2 Å². The first-order valence-electron chi connectivity index (χ1n) is 13.4. The summed E-state index contributed by atoms with van der Waals surface area (Å²) in [5, 5.41) is 8.68. The second-order valence-corrected chi connectivity index (χ2v) is 11.0. The topological polar surface area (TPSA) is 84.5 Å². The molecule has 0 bridgehead atoms. The molecule has 3 N–H and O–H groups in total. The Hall–Kier alpha value is -4.29. The van der Waals surface area contributed by atoms with Gasteiger partial charge < -0.3 is 25.4 Å². The van der Waals surface area contributed by atoms with E-state index in [0.717, 1.165) is 33.7 Å². The number of methoxy groups -OCH3 is 1. The van der Waals surface area contributed by atoms with Crippen LogP contribution in [-0.4, -0.2) is 36.3 Å². The van der Waals surface area contributed by atoms with E-state index in [2.05, 4.69) is 45.2 Å². The first kappa shape index (κ1) is 30.2. The van der Waals surface area contributed by atoms with Crippen LogP contribution in [0.1, 0.15) is 11.1 Å². The van der Waals surface area contributed by atoms with Crippen molar-refractivity contribution in [1.29, 1.82) is 0 Å². The number of amides is 1. The number of rotatable bonds is 11. The Morgan fingerprint density at radius 2 is 1.72 bits per heavy atom. The van der Waals surface area contributed by atoms with E-state index in [4.69, 9.17) is 21.7 Å². The summed E-state index contributed by atoms with van der Waals surface area (Å²) in [6.45, 7) is 2.21. The van der Waals surface area contributed by atoms with Gasteiger partial charge in [0.05, 0.1) is 23.2 Å². The lowest BCUT2D eigenvalue weighted by molar-refractivity contribution is -0.119. The minimum absolute atomic E-state index is 0.0116. The lowest BCUT2D eigenvalue weighted by Crippen LogP contribution is -2.35. The van der Waals surface area contributed by atoms with E-state index < -0.39 is 5.82 Å². The van der Waals surface area contributed by atoms with Crippen LogP contribution in [-0.2, 0) is 22.5 Å². The second-order valence-electron chi connectivity index (χ2n) is 9.55. The molecule has 7 nitrogen and oxygen atoms in total. The SMILES string of the molecule is COCCNCc1ccc(-c2cc3nccc(Oc4ccc(NC(=S)NC(=O)Cc5ccc(F)cc5)cc4F)c3s2)cc1. The molecule has 0 fully saturated rings. The average molecular weight is 619 g/mol. The molecule has 0 saturated heterocycles. The number of nitrogens with zero attached hydrogens (tertiary/aromatic N) is 1. The molecule has 5 aromatic rings. The summed E-state index contributed by atoms with van der Waals surface area (Å²) in [7, 11) is 1.68. The zero-order valence-corrected chi connectivity index (χ0v) is 24.8. The van der Waals surface area contributed by atoms with E-state index in [1.807, 2.05) is 6.07 Å². The predicted molar refractivity (Wildman–Crippen MR) is 170 cm³/mol. The quantitative estimate of drug-likeness (QED) is 0.111. The zero-order valence-electron chi connectivity index (χ0n) is 23.2. The maximum absolute atomic E-state index is 15.1.